The zero-order valence-corrected chi connectivity index (χ0v) is 9.37. The third kappa shape index (κ3) is 2.71. The molecule has 1 fully saturated rings. The van der Waals surface area contributed by atoms with E-state index in [1.54, 1.807) is 0 Å². The van der Waals surface area contributed by atoms with Gasteiger partial charge in [-0.2, -0.15) is 0 Å². The van der Waals surface area contributed by atoms with E-state index in [1.165, 1.54) is 0 Å². The Bertz CT molecular complexity index is 211. The fourth-order valence-corrected chi connectivity index (χ4v) is 1.58. The summed E-state index contributed by atoms with van der Waals surface area (Å²) in [7, 11) is 0. The van der Waals surface area contributed by atoms with Crippen LogP contribution < -0.4 is 0 Å². The lowest BCUT2D eigenvalue weighted by Gasteiger charge is -2.43. The minimum absolute atomic E-state index is 0.176. The first-order valence-electron chi connectivity index (χ1n) is 5.50. The van der Waals surface area contributed by atoms with Crippen LogP contribution in [0.2, 0.25) is 0 Å². The lowest BCUT2D eigenvalue weighted by atomic mass is 9.97. The average Bonchev–Trinajstić information content (AvgIpc) is 2.30. The van der Waals surface area contributed by atoms with Gasteiger partial charge in [0.1, 0.15) is 24.9 Å². The van der Waals surface area contributed by atoms with Gasteiger partial charge in [-0.15, -0.1) is 0 Å². The topological polar surface area (TPSA) is 99.4 Å². The largest absolute Gasteiger partial charge is 0.391 e. The molecule has 0 aromatic carbocycles. The van der Waals surface area contributed by atoms with E-state index in [-0.39, 0.29) is 6.61 Å². The third-order valence-electron chi connectivity index (χ3n) is 2.73. The van der Waals surface area contributed by atoms with Gasteiger partial charge in [0, 0.05) is 0 Å². The van der Waals surface area contributed by atoms with Crippen LogP contribution in [0.4, 0.5) is 0 Å². The van der Waals surface area contributed by atoms with Gasteiger partial charge in [0.2, 0.25) is 5.79 Å². The number of hydrogen-bond donors (Lipinski definition) is 4. The SMILES string of the molecule is CCCCOC1(CO)OCC(O)C(O)C1O. The quantitative estimate of drug-likeness (QED) is 0.438. The van der Waals surface area contributed by atoms with Crippen LogP contribution in [0.3, 0.4) is 0 Å². The predicted octanol–water partition coefficient (Wildman–Crippen LogP) is -1.40. The second kappa shape index (κ2) is 5.90. The summed E-state index contributed by atoms with van der Waals surface area (Å²) in [6.07, 6.45) is -2.33. The summed E-state index contributed by atoms with van der Waals surface area (Å²) >= 11 is 0. The maximum atomic E-state index is 9.74. The second-order valence-corrected chi connectivity index (χ2v) is 3.99. The van der Waals surface area contributed by atoms with Gasteiger partial charge in [-0.05, 0) is 6.42 Å². The van der Waals surface area contributed by atoms with E-state index in [0.717, 1.165) is 12.8 Å². The first kappa shape index (κ1) is 13.8. The third-order valence-corrected chi connectivity index (χ3v) is 2.73. The molecule has 0 aromatic rings. The van der Waals surface area contributed by atoms with Crippen molar-refractivity contribution in [2.45, 2.75) is 43.9 Å². The molecule has 4 N–H and O–H groups in total. The molecule has 6 nitrogen and oxygen atoms in total. The van der Waals surface area contributed by atoms with Crippen molar-refractivity contribution in [3.63, 3.8) is 0 Å². The molecule has 0 aliphatic carbocycles. The molecule has 1 heterocycles. The van der Waals surface area contributed by atoms with Crippen LogP contribution in [0.25, 0.3) is 0 Å². The standard InChI is InChI=1S/C10H20O6/c1-2-3-4-15-10(6-11)9(14)8(13)7(12)5-16-10/h7-9,11-14H,2-6H2,1H3. The normalized spacial score (nSPS) is 39.9. The number of aliphatic hydroxyl groups is 4. The summed E-state index contributed by atoms with van der Waals surface area (Å²) < 4.78 is 10.4. The highest BCUT2D eigenvalue weighted by atomic mass is 16.7. The van der Waals surface area contributed by atoms with Gasteiger partial charge in [0.25, 0.3) is 0 Å². The van der Waals surface area contributed by atoms with E-state index >= 15 is 0 Å². The zero-order chi connectivity index (χ0) is 12.2. The predicted molar refractivity (Wildman–Crippen MR) is 54.6 cm³/mol. The Morgan fingerprint density at radius 3 is 2.62 bits per heavy atom. The lowest BCUT2D eigenvalue weighted by Crippen LogP contribution is -2.63. The van der Waals surface area contributed by atoms with Gasteiger partial charge in [-0.25, -0.2) is 0 Å². The van der Waals surface area contributed by atoms with E-state index in [1.807, 2.05) is 6.92 Å². The van der Waals surface area contributed by atoms with Crippen LogP contribution in [0.15, 0.2) is 0 Å². The van der Waals surface area contributed by atoms with E-state index in [9.17, 15) is 20.4 Å². The maximum absolute atomic E-state index is 9.74. The smallest absolute Gasteiger partial charge is 0.221 e. The average molecular weight is 236 g/mol. The Morgan fingerprint density at radius 2 is 2.06 bits per heavy atom. The van der Waals surface area contributed by atoms with Crippen molar-refractivity contribution < 1.29 is 29.9 Å². The molecule has 0 spiro atoms. The lowest BCUT2D eigenvalue weighted by molar-refractivity contribution is -0.348. The van der Waals surface area contributed by atoms with Crippen molar-refractivity contribution in [3.05, 3.63) is 0 Å². The van der Waals surface area contributed by atoms with Crippen molar-refractivity contribution >= 4 is 0 Å². The highest BCUT2D eigenvalue weighted by molar-refractivity contribution is 4.92. The molecule has 0 amide bonds. The van der Waals surface area contributed by atoms with Crippen molar-refractivity contribution in [3.8, 4) is 0 Å². The number of aliphatic hydroxyl groups excluding tert-OH is 4. The molecule has 6 heteroatoms. The summed E-state index contributed by atoms with van der Waals surface area (Å²) in [5, 5.41) is 37.7. The molecule has 1 aliphatic rings. The molecule has 0 bridgehead atoms. The van der Waals surface area contributed by atoms with Crippen molar-refractivity contribution in [2.24, 2.45) is 0 Å². The summed E-state index contributed by atoms with van der Waals surface area (Å²) in [5.74, 6) is -1.62. The molecule has 0 radical (unpaired) electrons. The van der Waals surface area contributed by atoms with Crippen LogP contribution in [-0.2, 0) is 9.47 Å². The fraction of sp³-hybridized carbons (Fsp3) is 1.00. The van der Waals surface area contributed by atoms with Gasteiger partial charge in [0.15, 0.2) is 0 Å². The monoisotopic (exact) mass is 236 g/mol. The van der Waals surface area contributed by atoms with Crippen LogP contribution in [0, 0.1) is 0 Å². The maximum Gasteiger partial charge on any atom is 0.221 e. The Labute approximate surface area is 94.4 Å². The van der Waals surface area contributed by atoms with E-state index < -0.39 is 30.7 Å². The molecule has 0 aromatic heterocycles. The summed E-state index contributed by atoms with van der Waals surface area (Å²) in [5.41, 5.74) is 0. The molecule has 0 saturated carbocycles. The number of ether oxygens (including phenoxy) is 2. The molecule has 1 saturated heterocycles. The molecular weight excluding hydrogens is 216 g/mol. The van der Waals surface area contributed by atoms with Gasteiger partial charge in [-0.3, -0.25) is 0 Å². The Hall–Kier alpha value is -0.240. The van der Waals surface area contributed by atoms with E-state index in [4.69, 9.17) is 9.47 Å². The van der Waals surface area contributed by atoms with Crippen molar-refractivity contribution in [2.75, 3.05) is 19.8 Å². The number of hydrogen-bond acceptors (Lipinski definition) is 6. The first-order chi connectivity index (χ1) is 7.57. The molecule has 1 rings (SSSR count). The molecule has 1 aliphatic heterocycles. The minimum atomic E-state index is -1.62. The number of unbranched alkanes of at least 4 members (excludes halogenated alkanes) is 1. The second-order valence-electron chi connectivity index (χ2n) is 3.99. The van der Waals surface area contributed by atoms with Crippen molar-refractivity contribution in [1.82, 2.24) is 0 Å². The Morgan fingerprint density at radius 1 is 1.38 bits per heavy atom. The molecule has 4 unspecified atom stereocenters. The van der Waals surface area contributed by atoms with Crippen LogP contribution in [0.5, 0.6) is 0 Å². The zero-order valence-electron chi connectivity index (χ0n) is 9.37. The summed E-state index contributed by atoms with van der Waals surface area (Å²) in [4.78, 5) is 0. The first-order valence-corrected chi connectivity index (χ1v) is 5.50. The van der Waals surface area contributed by atoms with Crippen LogP contribution in [0.1, 0.15) is 19.8 Å². The minimum Gasteiger partial charge on any atom is -0.391 e. The van der Waals surface area contributed by atoms with Gasteiger partial charge >= 0.3 is 0 Å². The Balaban J connectivity index is 2.63. The summed E-state index contributed by atoms with van der Waals surface area (Å²) in [6.45, 7) is 1.55. The van der Waals surface area contributed by atoms with E-state index in [2.05, 4.69) is 0 Å². The van der Waals surface area contributed by atoms with Gasteiger partial charge in [0.05, 0.1) is 13.2 Å². The number of rotatable bonds is 5. The highest BCUT2D eigenvalue weighted by Gasteiger charge is 2.50. The molecular formula is C10H20O6. The van der Waals surface area contributed by atoms with Crippen molar-refractivity contribution in [1.29, 1.82) is 0 Å². The molecule has 96 valence electrons. The highest BCUT2D eigenvalue weighted by Crippen LogP contribution is 2.27. The molecule has 4 atom stereocenters. The van der Waals surface area contributed by atoms with Gasteiger partial charge in [-0.1, -0.05) is 13.3 Å². The fourth-order valence-electron chi connectivity index (χ4n) is 1.58. The van der Waals surface area contributed by atoms with Gasteiger partial charge < -0.3 is 29.9 Å². The Kier molecular flexibility index (Phi) is 5.10. The summed E-state index contributed by atoms with van der Waals surface area (Å²) in [6, 6.07) is 0. The van der Waals surface area contributed by atoms with Crippen LogP contribution in [-0.4, -0.2) is 64.3 Å². The molecule has 16 heavy (non-hydrogen) atoms. The van der Waals surface area contributed by atoms with E-state index in [0.29, 0.717) is 6.61 Å². The van der Waals surface area contributed by atoms with Crippen LogP contribution >= 0.6 is 0 Å².